The number of aliphatic hydroxyl groups is 1. The number of hydrogen-bond acceptors (Lipinski definition) is 2. The lowest BCUT2D eigenvalue weighted by Gasteiger charge is -2.28. The highest BCUT2D eigenvalue weighted by molar-refractivity contribution is 5.30. The molecule has 0 heterocycles. The van der Waals surface area contributed by atoms with Gasteiger partial charge in [-0.2, -0.15) is 0 Å². The zero-order chi connectivity index (χ0) is 13.9. The Morgan fingerprint density at radius 1 is 1.11 bits per heavy atom. The van der Waals surface area contributed by atoms with Crippen LogP contribution in [-0.4, -0.2) is 30.1 Å². The third-order valence-corrected chi connectivity index (χ3v) is 2.86. The molecule has 1 atom stereocenters. The van der Waals surface area contributed by atoms with Crippen molar-refractivity contribution >= 4 is 0 Å². The van der Waals surface area contributed by atoms with Crippen molar-refractivity contribution in [2.45, 2.75) is 40.7 Å². The standard InChI is InChI=1S/C16H27NO/c1-12-7-13(2)9-14(8-12)15(18)10-17(6)11-16(3,4)5/h7-9,15,18H,10-11H2,1-6H3. The van der Waals surface area contributed by atoms with Crippen molar-refractivity contribution in [3.8, 4) is 0 Å². The molecule has 2 nitrogen and oxygen atoms in total. The maximum absolute atomic E-state index is 10.3. The van der Waals surface area contributed by atoms with E-state index in [0.29, 0.717) is 6.54 Å². The van der Waals surface area contributed by atoms with Crippen LogP contribution in [0.3, 0.4) is 0 Å². The van der Waals surface area contributed by atoms with Gasteiger partial charge in [0.1, 0.15) is 0 Å². The topological polar surface area (TPSA) is 23.5 Å². The van der Waals surface area contributed by atoms with E-state index in [1.165, 1.54) is 11.1 Å². The summed E-state index contributed by atoms with van der Waals surface area (Å²) in [5, 5.41) is 10.3. The van der Waals surface area contributed by atoms with Crippen LogP contribution in [0.2, 0.25) is 0 Å². The number of nitrogens with zero attached hydrogens (tertiary/aromatic N) is 1. The lowest BCUT2D eigenvalue weighted by molar-refractivity contribution is 0.108. The minimum atomic E-state index is -0.407. The first kappa shape index (κ1) is 15.2. The summed E-state index contributed by atoms with van der Waals surface area (Å²) in [6.45, 7) is 12.4. The first-order chi connectivity index (χ1) is 8.17. The third kappa shape index (κ3) is 5.19. The average molecular weight is 249 g/mol. The van der Waals surface area contributed by atoms with Gasteiger partial charge in [-0.3, -0.25) is 0 Å². The summed E-state index contributed by atoms with van der Waals surface area (Å²) >= 11 is 0. The van der Waals surface area contributed by atoms with E-state index >= 15 is 0 Å². The molecule has 1 aromatic rings. The van der Waals surface area contributed by atoms with E-state index in [1.54, 1.807) is 0 Å². The van der Waals surface area contributed by atoms with E-state index in [1.807, 2.05) is 0 Å². The smallest absolute Gasteiger partial charge is 0.0916 e. The largest absolute Gasteiger partial charge is 0.387 e. The first-order valence-corrected chi connectivity index (χ1v) is 6.62. The molecule has 1 unspecified atom stereocenters. The first-order valence-electron chi connectivity index (χ1n) is 6.62. The zero-order valence-electron chi connectivity index (χ0n) is 12.6. The highest BCUT2D eigenvalue weighted by Crippen LogP contribution is 2.20. The Balaban J connectivity index is 2.67. The molecule has 1 rings (SSSR count). The molecule has 0 saturated carbocycles. The van der Waals surface area contributed by atoms with Gasteiger partial charge in [0.15, 0.2) is 0 Å². The summed E-state index contributed by atoms with van der Waals surface area (Å²) in [7, 11) is 2.07. The quantitative estimate of drug-likeness (QED) is 0.885. The van der Waals surface area contributed by atoms with Gasteiger partial charge in [0.2, 0.25) is 0 Å². The van der Waals surface area contributed by atoms with Crippen LogP contribution in [0.1, 0.15) is 43.6 Å². The van der Waals surface area contributed by atoms with Gasteiger partial charge in [-0.05, 0) is 31.9 Å². The van der Waals surface area contributed by atoms with Gasteiger partial charge >= 0.3 is 0 Å². The molecular formula is C16H27NO. The Morgan fingerprint density at radius 3 is 2.06 bits per heavy atom. The fraction of sp³-hybridized carbons (Fsp3) is 0.625. The Hall–Kier alpha value is -0.860. The molecule has 102 valence electrons. The molecule has 2 heteroatoms. The van der Waals surface area contributed by atoms with E-state index < -0.39 is 6.10 Å². The molecular weight excluding hydrogens is 222 g/mol. The van der Waals surface area contributed by atoms with Crippen LogP contribution in [-0.2, 0) is 0 Å². The van der Waals surface area contributed by atoms with Crippen LogP contribution < -0.4 is 0 Å². The Bertz CT molecular complexity index is 372. The molecule has 0 aliphatic carbocycles. The molecule has 0 aliphatic rings. The zero-order valence-corrected chi connectivity index (χ0v) is 12.6. The van der Waals surface area contributed by atoms with E-state index in [9.17, 15) is 5.11 Å². The number of likely N-dealkylation sites (N-methyl/N-ethyl adjacent to an activating group) is 1. The van der Waals surface area contributed by atoms with Crippen molar-refractivity contribution in [1.82, 2.24) is 4.90 Å². The molecule has 1 N–H and O–H groups in total. The fourth-order valence-corrected chi connectivity index (χ4v) is 2.48. The molecule has 18 heavy (non-hydrogen) atoms. The summed E-state index contributed by atoms with van der Waals surface area (Å²) in [6, 6.07) is 6.28. The highest BCUT2D eigenvalue weighted by atomic mass is 16.3. The van der Waals surface area contributed by atoms with Crippen LogP contribution >= 0.6 is 0 Å². The fourth-order valence-electron chi connectivity index (χ4n) is 2.48. The van der Waals surface area contributed by atoms with Gasteiger partial charge in [-0.1, -0.05) is 50.1 Å². The second-order valence-corrected chi connectivity index (χ2v) is 6.69. The van der Waals surface area contributed by atoms with Crippen LogP contribution in [0.15, 0.2) is 18.2 Å². The third-order valence-electron chi connectivity index (χ3n) is 2.86. The SMILES string of the molecule is Cc1cc(C)cc(C(O)CN(C)CC(C)(C)C)c1. The molecule has 0 spiro atoms. The van der Waals surface area contributed by atoms with Crippen molar-refractivity contribution in [3.05, 3.63) is 34.9 Å². The number of aliphatic hydroxyl groups excluding tert-OH is 1. The number of benzene rings is 1. The summed E-state index contributed by atoms with van der Waals surface area (Å²) in [6.07, 6.45) is -0.407. The highest BCUT2D eigenvalue weighted by Gasteiger charge is 2.17. The second-order valence-electron chi connectivity index (χ2n) is 6.69. The summed E-state index contributed by atoms with van der Waals surface area (Å²) in [5.41, 5.74) is 3.70. The van der Waals surface area contributed by atoms with Gasteiger partial charge in [-0.15, -0.1) is 0 Å². The van der Waals surface area contributed by atoms with Crippen LogP contribution in [0.4, 0.5) is 0 Å². The molecule has 0 radical (unpaired) electrons. The van der Waals surface area contributed by atoms with Crippen molar-refractivity contribution < 1.29 is 5.11 Å². The van der Waals surface area contributed by atoms with Crippen LogP contribution in [0, 0.1) is 19.3 Å². The predicted molar refractivity (Wildman–Crippen MR) is 77.8 cm³/mol. The van der Waals surface area contributed by atoms with Crippen molar-refractivity contribution in [1.29, 1.82) is 0 Å². The lowest BCUT2D eigenvalue weighted by atomic mass is 9.96. The second kappa shape index (κ2) is 5.85. The molecule has 0 bridgehead atoms. The van der Waals surface area contributed by atoms with Gasteiger partial charge < -0.3 is 10.0 Å². The lowest BCUT2D eigenvalue weighted by Crippen LogP contribution is -2.32. The van der Waals surface area contributed by atoms with Crippen LogP contribution in [0.5, 0.6) is 0 Å². The van der Waals surface area contributed by atoms with Gasteiger partial charge in [0.25, 0.3) is 0 Å². The number of rotatable bonds is 4. The summed E-state index contributed by atoms with van der Waals surface area (Å²) in [5.74, 6) is 0. The Kier molecular flexibility index (Phi) is 4.94. The normalized spacial score (nSPS) is 14.0. The molecule has 0 aromatic heterocycles. The maximum Gasteiger partial charge on any atom is 0.0916 e. The predicted octanol–water partition coefficient (Wildman–Crippen LogP) is 3.31. The van der Waals surface area contributed by atoms with E-state index in [0.717, 1.165) is 12.1 Å². The molecule has 0 aliphatic heterocycles. The Morgan fingerprint density at radius 2 is 1.61 bits per heavy atom. The molecule has 1 aromatic carbocycles. The average Bonchev–Trinajstić information content (AvgIpc) is 2.12. The molecule has 0 amide bonds. The van der Waals surface area contributed by atoms with Gasteiger partial charge in [0, 0.05) is 13.1 Å². The number of aryl methyl sites for hydroxylation is 2. The minimum absolute atomic E-state index is 0.261. The Labute approximate surface area is 112 Å². The van der Waals surface area contributed by atoms with Gasteiger partial charge in [-0.25, -0.2) is 0 Å². The van der Waals surface area contributed by atoms with Gasteiger partial charge in [0.05, 0.1) is 6.10 Å². The monoisotopic (exact) mass is 249 g/mol. The maximum atomic E-state index is 10.3. The molecule has 0 saturated heterocycles. The number of hydrogen-bond donors (Lipinski definition) is 1. The van der Waals surface area contributed by atoms with Crippen molar-refractivity contribution in [2.75, 3.05) is 20.1 Å². The molecule has 0 fully saturated rings. The van der Waals surface area contributed by atoms with E-state index in [-0.39, 0.29) is 5.41 Å². The van der Waals surface area contributed by atoms with Crippen molar-refractivity contribution in [3.63, 3.8) is 0 Å². The van der Waals surface area contributed by atoms with E-state index in [2.05, 4.69) is 64.8 Å². The summed E-state index contributed by atoms with van der Waals surface area (Å²) in [4.78, 5) is 2.20. The summed E-state index contributed by atoms with van der Waals surface area (Å²) < 4.78 is 0. The van der Waals surface area contributed by atoms with Crippen molar-refractivity contribution in [2.24, 2.45) is 5.41 Å². The van der Waals surface area contributed by atoms with Crippen LogP contribution in [0.25, 0.3) is 0 Å². The minimum Gasteiger partial charge on any atom is -0.387 e. The van der Waals surface area contributed by atoms with E-state index in [4.69, 9.17) is 0 Å².